The Kier molecular flexibility index (Phi) is 2.94. The number of fused-ring (bicyclic) bond motifs is 1. The predicted octanol–water partition coefficient (Wildman–Crippen LogP) is -2.50. The van der Waals surface area contributed by atoms with E-state index in [1.54, 1.807) is 0 Å². The zero-order chi connectivity index (χ0) is 14.5. The van der Waals surface area contributed by atoms with E-state index in [1.807, 2.05) is 0 Å². The van der Waals surface area contributed by atoms with Crippen LogP contribution in [0.4, 0.5) is 0 Å². The molecule has 5 atom stereocenters. The van der Waals surface area contributed by atoms with Crippen molar-refractivity contribution < 1.29 is 24.9 Å². The fraction of sp³-hybridized carbons (Fsp3) is 0.636. The summed E-state index contributed by atoms with van der Waals surface area (Å²) in [6, 6.07) is -0.843. The highest BCUT2D eigenvalue weighted by Crippen LogP contribution is 2.34. The number of hydrogen-bond acceptors (Lipinski definition) is 8. The van der Waals surface area contributed by atoms with Gasteiger partial charge in [0.25, 0.3) is 5.91 Å². The lowest BCUT2D eigenvalue weighted by Crippen LogP contribution is -2.55. The van der Waals surface area contributed by atoms with Crippen molar-refractivity contribution in [2.45, 2.75) is 37.0 Å². The van der Waals surface area contributed by atoms with Crippen LogP contribution in [-0.4, -0.2) is 81.3 Å². The first kappa shape index (κ1) is 13.3. The van der Waals surface area contributed by atoms with Gasteiger partial charge in [-0.15, -0.1) is 0 Å². The molecule has 20 heavy (non-hydrogen) atoms. The maximum absolute atomic E-state index is 11.6. The van der Waals surface area contributed by atoms with Crippen LogP contribution in [-0.2, 0) is 9.53 Å². The zero-order valence-electron chi connectivity index (χ0n) is 10.6. The number of carbonyl (C=O) groups is 1. The third-order valence-corrected chi connectivity index (χ3v) is 3.65. The number of rotatable bonds is 2. The van der Waals surface area contributed by atoms with Crippen LogP contribution in [0.1, 0.15) is 6.92 Å². The second-order valence-electron chi connectivity index (χ2n) is 5.02. The lowest BCUT2D eigenvalue weighted by molar-refractivity contribution is -0.118. The molecule has 1 saturated heterocycles. The molecule has 3 rings (SSSR count). The van der Waals surface area contributed by atoms with Crippen molar-refractivity contribution in [1.29, 1.82) is 0 Å². The fourth-order valence-corrected chi connectivity index (χ4v) is 2.50. The Morgan fingerprint density at radius 2 is 2.30 bits per heavy atom. The highest BCUT2D eigenvalue weighted by Gasteiger charge is 2.56. The van der Waals surface area contributed by atoms with E-state index in [-0.39, 0.29) is 5.84 Å². The lowest BCUT2D eigenvalue weighted by atomic mass is 9.96. The normalized spacial score (nSPS) is 43.1. The Hall–Kier alpha value is -1.68. The van der Waals surface area contributed by atoms with Crippen molar-refractivity contribution in [2.75, 3.05) is 6.61 Å². The molecule has 0 aromatic rings. The standard InChI is InChI=1S/C11H14N4O5/c1-11(19)7(17)5(2-16)20-10(11)15-4-14-6-8(15)12-3-13-9(6)18/h3-7,10,16-17,19H,2H2,1H3/t5-,6?,7-,10-,11-/m1/s1. The Labute approximate surface area is 113 Å². The molecule has 0 spiro atoms. The summed E-state index contributed by atoms with van der Waals surface area (Å²) < 4.78 is 5.45. The van der Waals surface area contributed by atoms with Crippen LogP contribution in [0.2, 0.25) is 0 Å². The molecule has 0 saturated carbocycles. The number of aliphatic hydroxyl groups is 3. The van der Waals surface area contributed by atoms with Gasteiger partial charge < -0.3 is 20.1 Å². The molecule has 9 heteroatoms. The van der Waals surface area contributed by atoms with Gasteiger partial charge in [-0.3, -0.25) is 14.7 Å². The zero-order valence-corrected chi connectivity index (χ0v) is 10.6. The van der Waals surface area contributed by atoms with Crippen LogP contribution >= 0.6 is 0 Å². The monoisotopic (exact) mass is 282 g/mol. The molecule has 0 aliphatic carbocycles. The van der Waals surface area contributed by atoms with Crippen LogP contribution in [0, 0.1) is 0 Å². The second-order valence-corrected chi connectivity index (χ2v) is 5.02. The summed E-state index contributed by atoms with van der Waals surface area (Å²) in [7, 11) is 0. The van der Waals surface area contributed by atoms with Gasteiger partial charge in [0.2, 0.25) is 0 Å². The molecule has 0 aromatic heterocycles. The molecule has 3 heterocycles. The fourth-order valence-electron chi connectivity index (χ4n) is 2.50. The molecule has 1 amide bonds. The molecule has 3 aliphatic heterocycles. The number of aliphatic imine (C=N–C) groups is 3. The Balaban J connectivity index is 1.91. The smallest absolute Gasteiger partial charge is 0.279 e. The molecule has 1 fully saturated rings. The van der Waals surface area contributed by atoms with Crippen LogP contribution < -0.4 is 0 Å². The lowest BCUT2D eigenvalue weighted by Gasteiger charge is -2.33. The first-order valence-electron chi connectivity index (χ1n) is 6.09. The number of amidine groups is 1. The summed E-state index contributed by atoms with van der Waals surface area (Å²) in [5.74, 6) is -0.174. The summed E-state index contributed by atoms with van der Waals surface area (Å²) in [6.45, 7) is 0.952. The van der Waals surface area contributed by atoms with Gasteiger partial charge in [-0.25, -0.2) is 4.99 Å². The molecule has 0 bridgehead atoms. The molecule has 0 radical (unpaired) electrons. The van der Waals surface area contributed by atoms with Crippen LogP contribution in [0.5, 0.6) is 0 Å². The van der Waals surface area contributed by atoms with Gasteiger partial charge >= 0.3 is 0 Å². The summed E-state index contributed by atoms with van der Waals surface area (Å²) in [5.41, 5.74) is -1.64. The van der Waals surface area contributed by atoms with E-state index in [9.17, 15) is 15.0 Å². The minimum atomic E-state index is -1.64. The average Bonchev–Trinajstić information content (AvgIpc) is 2.92. The summed E-state index contributed by atoms with van der Waals surface area (Å²) >= 11 is 0. The van der Waals surface area contributed by atoms with Crippen LogP contribution in [0.15, 0.2) is 15.0 Å². The Morgan fingerprint density at radius 1 is 1.55 bits per heavy atom. The maximum Gasteiger partial charge on any atom is 0.279 e. The van der Waals surface area contributed by atoms with E-state index in [1.165, 1.54) is 18.2 Å². The first-order valence-corrected chi connectivity index (χ1v) is 6.09. The number of amides is 1. The largest absolute Gasteiger partial charge is 0.394 e. The molecule has 3 N–H and O–H groups in total. The maximum atomic E-state index is 11.6. The van der Waals surface area contributed by atoms with E-state index >= 15 is 0 Å². The molecule has 9 nitrogen and oxygen atoms in total. The van der Waals surface area contributed by atoms with E-state index in [4.69, 9.17) is 9.84 Å². The molecular weight excluding hydrogens is 268 g/mol. The van der Waals surface area contributed by atoms with Crippen LogP contribution in [0.25, 0.3) is 0 Å². The molecule has 0 aromatic carbocycles. The summed E-state index contributed by atoms with van der Waals surface area (Å²) in [4.78, 5) is 24.4. The first-order chi connectivity index (χ1) is 9.46. The van der Waals surface area contributed by atoms with Crippen molar-refractivity contribution in [1.82, 2.24) is 4.90 Å². The number of aliphatic hydroxyl groups excluding tert-OH is 2. The summed E-state index contributed by atoms with van der Waals surface area (Å²) in [6.07, 6.45) is -0.753. The predicted molar refractivity (Wildman–Crippen MR) is 67.4 cm³/mol. The van der Waals surface area contributed by atoms with E-state index in [2.05, 4.69) is 15.0 Å². The van der Waals surface area contributed by atoms with Gasteiger partial charge in [0.1, 0.15) is 30.0 Å². The van der Waals surface area contributed by atoms with Gasteiger partial charge in [-0.2, -0.15) is 4.99 Å². The van der Waals surface area contributed by atoms with Gasteiger partial charge in [0.05, 0.1) is 12.9 Å². The van der Waals surface area contributed by atoms with Crippen molar-refractivity contribution >= 4 is 24.4 Å². The third-order valence-electron chi connectivity index (χ3n) is 3.65. The molecule has 3 aliphatic rings. The van der Waals surface area contributed by atoms with Gasteiger partial charge in [0.15, 0.2) is 12.3 Å². The SMILES string of the molecule is C[C@@]1(O)[C@H](O)[C@@H](CO)O[C@H]1N1C=NC2C(=O)N=CN=C21. The topological polar surface area (TPSA) is 127 Å². The van der Waals surface area contributed by atoms with Crippen molar-refractivity contribution in [3.8, 4) is 0 Å². The van der Waals surface area contributed by atoms with Crippen molar-refractivity contribution in [2.24, 2.45) is 15.0 Å². The molecule has 1 unspecified atom stereocenters. The minimum Gasteiger partial charge on any atom is -0.394 e. The van der Waals surface area contributed by atoms with E-state index in [0.29, 0.717) is 0 Å². The van der Waals surface area contributed by atoms with E-state index in [0.717, 1.165) is 6.34 Å². The Bertz CT molecular complexity index is 529. The highest BCUT2D eigenvalue weighted by atomic mass is 16.6. The van der Waals surface area contributed by atoms with Gasteiger partial charge in [-0.05, 0) is 6.92 Å². The number of nitrogens with zero attached hydrogens (tertiary/aromatic N) is 4. The number of carbonyl (C=O) groups excluding carboxylic acids is 1. The van der Waals surface area contributed by atoms with E-state index < -0.39 is 42.6 Å². The second kappa shape index (κ2) is 4.42. The number of hydrogen-bond donors (Lipinski definition) is 3. The highest BCUT2D eigenvalue weighted by molar-refractivity contribution is 6.19. The molecule has 108 valence electrons. The summed E-state index contributed by atoms with van der Waals surface area (Å²) in [5, 5.41) is 29.5. The number of ether oxygens (including phenoxy) is 1. The quantitative estimate of drug-likeness (QED) is 0.513. The third kappa shape index (κ3) is 1.71. The molecular formula is C11H14N4O5. The van der Waals surface area contributed by atoms with Crippen LogP contribution in [0.3, 0.4) is 0 Å². The van der Waals surface area contributed by atoms with Gasteiger partial charge in [-0.1, -0.05) is 0 Å². The van der Waals surface area contributed by atoms with Crippen molar-refractivity contribution in [3.63, 3.8) is 0 Å². The average molecular weight is 282 g/mol. The Morgan fingerprint density at radius 3 is 2.95 bits per heavy atom. The van der Waals surface area contributed by atoms with Gasteiger partial charge in [0, 0.05) is 0 Å². The minimum absolute atomic E-state index is 0.279. The van der Waals surface area contributed by atoms with Crippen molar-refractivity contribution in [3.05, 3.63) is 0 Å².